The summed E-state index contributed by atoms with van der Waals surface area (Å²) in [7, 11) is 0. The van der Waals surface area contributed by atoms with Crippen LogP contribution in [0.15, 0.2) is 150 Å². The lowest BCUT2D eigenvalue weighted by molar-refractivity contribution is 0.669. The Hall–Kier alpha value is -5.80. The van der Waals surface area contributed by atoms with Gasteiger partial charge in [0, 0.05) is 49.6 Å². The topological polar surface area (TPSA) is 23.0 Å². The van der Waals surface area contributed by atoms with Gasteiger partial charge in [-0.3, -0.25) is 0 Å². The number of rotatable bonds is 3. The molecule has 0 aliphatic heterocycles. The van der Waals surface area contributed by atoms with Crippen molar-refractivity contribution < 1.29 is 4.42 Å². The summed E-state index contributed by atoms with van der Waals surface area (Å²) in [5.74, 6) is 0.359. The van der Waals surface area contributed by atoms with Crippen molar-refractivity contribution in [3.63, 3.8) is 0 Å². The fourth-order valence-corrected chi connectivity index (χ4v) is 7.87. The summed E-state index contributed by atoms with van der Waals surface area (Å²) in [6.45, 7) is 2.35. The highest BCUT2D eigenvalue weighted by molar-refractivity contribution is 6.12. The van der Waals surface area contributed by atoms with Crippen LogP contribution in [0.5, 0.6) is 0 Å². The smallest absolute Gasteiger partial charge is 0.135 e. The molecule has 0 bridgehead atoms. The van der Waals surface area contributed by atoms with Gasteiger partial charge in [0.15, 0.2) is 0 Å². The first-order valence-corrected chi connectivity index (χ1v) is 16.1. The van der Waals surface area contributed by atoms with Gasteiger partial charge in [0.05, 0.1) is 22.1 Å². The van der Waals surface area contributed by atoms with Gasteiger partial charge < -0.3 is 13.6 Å². The number of nitrogens with zero attached hydrogens (tertiary/aromatic N) is 2. The number of furan rings is 1. The number of hydrogen-bond donors (Lipinski definition) is 0. The molecule has 10 rings (SSSR count). The van der Waals surface area contributed by atoms with Crippen molar-refractivity contribution in [3.8, 4) is 5.69 Å². The Kier molecular flexibility index (Phi) is 5.32. The molecular formula is C43H30N2O. The van der Waals surface area contributed by atoms with E-state index >= 15 is 0 Å². The highest BCUT2D eigenvalue weighted by atomic mass is 16.3. The number of hydrogen-bond acceptors (Lipinski definition) is 1. The standard InChI is InChI=1S/C43H30N2O/c1-27-24-28(18-21-37(27)45-40-16-8-4-12-33(40)34-13-5-9-17-41(34)45)29-19-22-42-35(25-29)36-26-30(20-23-43(36)46-42)44-38-14-6-2-10-31(38)32-11-3-7-15-39(32)44/h2-23,25-27H,24H2,1H3. The zero-order chi connectivity index (χ0) is 30.4. The van der Waals surface area contributed by atoms with E-state index in [1.165, 1.54) is 60.4 Å². The number of fused-ring (bicyclic) bond motifs is 9. The Labute approximate surface area is 265 Å². The molecule has 1 aliphatic carbocycles. The SMILES string of the molecule is CC1CC(c2ccc3oc4ccc(-n5c6ccccc6c6ccccc65)cc4c3c2)=CC=C1n1c2ccccc2c2ccccc21. The minimum Gasteiger partial charge on any atom is -0.456 e. The van der Waals surface area contributed by atoms with Crippen molar-refractivity contribution in [1.29, 1.82) is 0 Å². The Bertz CT molecular complexity index is 2640. The maximum atomic E-state index is 6.37. The van der Waals surface area contributed by atoms with E-state index in [-0.39, 0.29) is 0 Å². The highest BCUT2D eigenvalue weighted by Gasteiger charge is 2.22. The van der Waals surface area contributed by atoms with Gasteiger partial charge in [-0.15, -0.1) is 0 Å². The van der Waals surface area contributed by atoms with Crippen molar-refractivity contribution in [2.75, 3.05) is 0 Å². The van der Waals surface area contributed by atoms with Crippen molar-refractivity contribution >= 4 is 76.8 Å². The first kappa shape index (κ1) is 25.5. The highest BCUT2D eigenvalue weighted by Crippen LogP contribution is 2.41. The van der Waals surface area contributed by atoms with Crippen LogP contribution in [0.25, 0.3) is 82.5 Å². The molecule has 0 N–H and O–H groups in total. The van der Waals surface area contributed by atoms with Gasteiger partial charge in [-0.05, 0) is 78.2 Å². The van der Waals surface area contributed by atoms with Crippen LogP contribution in [0, 0.1) is 5.92 Å². The van der Waals surface area contributed by atoms with Crippen LogP contribution in [-0.4, -0.2) is 9.13 Å². The molecule has 6 aromatic carbocycles. The number of para-hydroxylation sites is 4. The molecule has 218 valence electrons. The Morgan fingerprint density at radius 3 is 1.57 bits per heavy atom. The lowest BCUT2D eigenvalue weighted by Gasteiger charge is -2.24. The van der Waals surface area contributed by atoms with Gasteiger partial charge in [-0.1, -0.05) is 91.9 Å². The van der Waals surface area contributed by atoms with E-state index in [2.05, 4.69) is 162 Å². The molecule has 1 atom stereocenters. The van der Waals surface area contributed by atoms with Crippen molar-refractivity contribution in [1.82, 2.24) is 9.13 Å². The third-order valence-corrected chi connectivity index (χ3v) is 9.99. The molecule has 0 spiro atoms. The third-order valence-electron chi connectivity index (χ3n) is 9.99. The molecule has 1 unspecified atom stereocenters. The second kappa shape index (κ2) is 9.60. The first-order chi connectivity index (χ1) is 22.7. The summed E-state index contributed by atoms with van der Waals surface area (Å²) >= 11 is 0. The molecule has 3 nitrogen and oxygen atoms in total. The molecule has 1 aliphatic rings. The lowest BCUT2D eigenvalue weighted by Crippen LogP contribution is -2.10. The fraction of sp³-hybridized carbons (Fsp3) is 0.0698. The normalized spacial score (nSPS) is 15.5. The summed E-state index contributed by atoms with van der Waals surface area (Å²) in [6, 6.07) is 48.1. The molecule has 46 heavy (non-hydrogen) atoms. The van der Waals surface area contributed by atoms with Crippen LogP contribution in [0.3, 0.4) is 0 Å². The van der Waals surface area contributed by atoms with Gasteiger partial charge >= 0.3 is 0 Å². The van der Waals surface area contributed by atoms with Crippen molar-refractivity contribution in [2.24, 2.45) is 5.92 Å². The van der Waals surface area contributed by atoms with Crippen LogP contribution in [0.2, 0.25) is 0 Å². The minimum absolute atomic E-state index is 0.359. The van der Waals surface area contributed by atoms with Crippen LogP contribution >= 0.6 is 0 Å². The molecule has 0 fully saturated rings. The Morgan fingerprint density at radius 2 is 1.00 bits per heavy atom. The minimum atomic E-state index is 0.359. The van der Waals surface area contributed by atoms with Gasteiger partial charge in [-0.25, -0.2) is 0 Å². The molecule has 3 heterocycles. The zero-order valence-corrected chi connectivity index (χ0v) is 25.4. The predicted molar refractivity (Wildman–Crippen MR) is 194 cm³/mol. The molecule has 3 aromatic heterocycles. The summed E-state index contributed by atoms with van der Waals surface area (Å²) in [5, 5.41) is 7.44. The quantitative estimate of drug-likeness (QED) is 0.201. The number of benzene rings is 6. The predicted octanol–water partition coefficient (Wildman–Crippen LogP) is 11.8. The molecule has 9 aromatic rings. The van der Waals surface area contributed by atoms with Gasteiger partial charge in [0.1, 0.15) is 11.2 Å². The van der Waals surface area contributed by atoms with E-state index in [0.29, 0.717) is 5.92 Å². The maximum Gasteiger partial charge on any atom is 0.135 e. The maximum absolute atomic E-state index is 6.37. The van der Waals surface area contributed by atoms with Gasteiger partial charge in [-0.2, -0.15) is 0 Å². The summed E-state index contributed by atoms with van der Waals surface area (Å²) in [6.07, 6.45) is 5.63. The third kappa shape index (κ3) is 3.60. The number of aromatic nitrogens is 2. The second-order valence-electron chi connectivity index (χ2n) is 12.6. The van der Waals surface area contributed by atoms with Crippen molar-refractivity contribution in [2.45, 2.75) is 13.3 Å². The van der Waals surface area contributed by atoms with Crippen LogP contribution < -0.4 is 0 Å². The van der Waals surface area contributed by atoms with E-state index in [9.17, 15) is 0 Å². The Balaban J connectivity index is 1.11. The van der Waals surface area contributed by atoms with Gasteiger partial charge in [0.25, 0.3) is 0 Å². The van der Waals surface area contributed by atoms with Crippen LogP contribution in [-0.2, 0) is 0 Å². The Morgan fingerprint density at radius 1 is 0.500 bits per heavy atom. The largest absolute Gasteiger partial charge is 0.456 e. The first-order valence-electron chi connectivity index (χ1n) is 16.1. The van der Waals surface area contributed by atoms with E-state index in [0.717, 1.165) is 34.0 Å². The second-order valence-corrected chi connectivity index (χ2v) is 12.6. The average Bonchev–Trinajstić information content (AvgIpc) is 3.75. The van der Waals surface area contributed by atoms with Crippen LogP contribution in [0.1, 0.15) is 18.9 Å². The molecule has 0 saturated heterocycles. The summed E-state index contributed by atoms with van der Waals surface area (Å²) in [4.78, 5) is 0. The molecule has 0 saturated carbocycles. The monoisotopic (exact) mass is 590 g/mol. The number of allylic oxidation sites excluding steroid dienone is 4. The molecular weight excluding hydrogens is 560 g/mol. The fourth-order valence-electron chi connectivity index (χ4n) is 7.87. The van der Waals surface area contributed by atoms with E-state index in [1.807, 2.05) is 0 Å². The molecule has 3 heteroatoms. The lowest BCUT2D eigenvalue weighted by atomic mass is 9.88. The average molecular weight is 591 g/mol. The van der Waals surface area contributed by atoms with Gasteiger partial charge in [0.2, 0.25) is 0 Å². The molecule has 0 radical (unpaired) electrons. The summed E-state index contributed by atoms with van der Waals surface area (Å²) in [5.41, 5.74) is 11.9. The van der Waals surface area contributed by atoms with E-state index < -0.39 is 0 Å². The van der Waals surface area contributed by atoms with Crippen molar-refractivity contribution in [3.05, 3.63) is 151 Å². The molecule has 0 amide bonds. The van der Waals surface area contributed by atoms with Crippen LogP contribution in [0.4, 0.5) is 0 Å². The van der Waals surface area contributed by atoms with E-state index in [1.54, 1.807) is 0 Å². The van der Waals surface area contributed by atoms with E-state index in [4.69, 9.17) is 4.42 Å². The zero-order valence-electron chi connectivity index (χ0n) is 25.4. The summed E-state index contributed by atoms with van der Waals surface area (Å²) < 4.78 is 11.2.